The highest BCUT2D eigenvalue weighted by atomic mass is 32.1. The molecule has 0 atom stereocenters. The molecule has 0 radical (unpaired) electrons. The molecule has 2 aromatic carbocycles. The van der Waals surface area contributed by atoms with Crippen molar-refractivity contribution in [3.05, 3.63) is 82.5 Å². The van der Waals surface area contributed by atoms with E-state index in [0.717, 1.165) is 23.5 Å². The second kappa shape index (κ2) is 6.25. The van der Waals surface area contributed by atoms with E-state index in [1.54, 1.807) is 11.3 Å². The molecule has 0 unspecified atom stereocenters. The van der Waals surface area contributed by atoms with Crippen molar-refractivity contribution < 1.29 is 0 Å². The Morgan fingerprint density at radius 3 is 2.29 bits per heavy atom. The van der Waals surface area contributed by atoms with Crippen LogP contribution in [0.5, 0.6) is 0 Å². The Balaban J connectivity index is 1.58. The summed E-state index contributed by atoms with van der Waals surface area (Å²) in [4.78, 5) is 7.20. The normalized spacial score (nSPS) is 11.2. The number of hydrogen-bond acceptors (Lipinski definition) is 2. The van der Waals surface area contributed by atoms with Crippen LogP contribution >= 0.6 is 11.3 Å². The van der Waals surface area contributed by atoms with Gasteiger partial charge in [0.05, 0.1) is 5.69 Å². The van der Waals surface area contributed by atoms with Crippen LogP contribution in [-0.2, 0) is 12.8 Å². The number of benzene rings is 2. The van der Waals surface area contributed by atoms with Crippen molar-refractivity contribution in [2.75, 3.05) is 0 Å². The Morgan fingerprint density at radius 2 is 1.62 bits per heavy atom. The van der Waals surface area contributed by atoms with Gasteiger partial charge in [0.2, 0.25) is 0 Å². The highest BCUT2D eigenvalue weighted by Crippen LogP contribution is 2.25. The zero-order valence-electron chi connectivity index (χ0n) is 14.0. The van der Waals surface area contributed by atoms with Crippen LogP contribution in [0.25, 0.3) is 16.2 Å². The highest BCUT2D eigenvalue weighted by Gasteiger charge is 2.09. The van der Waals surface area contributed by atoms with E-state index in [9.17, 15) is 0 Å². The molecule has 0 aliphatic carbocycles. The molecular weight excluding hydrogens is 312 g/mol. The molecule has 120 valence electrons. The van der Waals surface area contributed by atoms with Crippen LogP contribution in [0.15, 0.2) is 60.9 Å². The number of aryl methyl sites for hydroxylation is 2. The van der Waals surface area contributed by atoms with Crippen LogP contribution in [0.4, 0.5) is 0 Å². The highest BCUT2D eigenvalue weighted by molar-refractivity contribution is 7.17. The molecule has 0 N–H and O–H groups in total. The minimum Gasteiger partial charge on any atom is -0.297 e. The number of hydrogen-bond donors (Lipinski definition) is 0. The first-order valence-electron chi connectivity index (χ1n) is 8.33. The van der Waals surface area contributed by atoms with Gasteiger partial charge in [-0.2, -0.15) is 0 Å². The number of nitrogens with zero attached hydrogens (tertiary/aromatic N) is 2. The summed E-state index contributed by atoms with van der Waals surface area (Å²) in [6, 6.07) is 17.5. The van der Waals surface area contributed by atoms with Gasteiger partial charge in [0, 0.05) is 29.3 Å². The fraction of sp³-hybridized carbons (Fsp3) is 0.190. The van der Waals surface area contributed by atoms with Gasteiger partial charge in [0.15, 0.2) is 4.96 Å². The monoisotopic (exact) mass is 332 g/mol. The molecule has 0 aliphatic rings. The van der Waals surface area contributed by atoms with E-state index in [0.29, 0.717) is 0 Å². The molecular formula is C21H20N2S. The lowest BCUT2D eigenvalue weighted by Gasteiger charge is -1.99. The van der Waals surface area contributed by atoms with Gasteiger partial charge in [-0.3, -0.25) is 4.40 Å². The van der Waals surface area contributed by atoms with Gasteiger partial charge in [-0.15, -0.1) is 11.3 Å². The van der Waals surface area contributed by atoms with E-state index < -0.39 is 0 Å². The summed E-state index contributed by atoms with van der Waals surface area (Å²) in [5.74, 6) is 0. The predicted octanol–water partition coefficient (Wildman–Crippen LogP) is 5.52. The summed E-state index contributed by atoms with van der Waals surface area (Å²) >= 11 is 1.77. The molecule has 2 heterocycles. The van der Waals surface area contributed by atoms with Gasteiger partial charge < -0.3 is 0 Å². The lowest BCUT2D eigenvalue weighted by atomic mass is 10.1. The lowest BCUT2D eigenvalue weighted by molar-refractivity contribution is 1.14. The largest absolute Gasteiger partial charge is 0.297 e. The third-order valence-corrected chi connectivity index (χ3v) is 5.36. The van der Waals surface area contributed by atoms with Gasteiger partial charge in [-0.05, 0) is 24.5 Å². The maximum atomic E-state index is 4.80. The third-order valence-electron chi connectivity index (χ3n) is 4.36. The van der Waals surface area contributed by atoms with E-state index in [2.05, 4.69) is 79.2 Å². The SMILES string of the molecule is CCc1ccc(-c2cn3cc(Cc4ccc(C)cc4)sc3n2)cc1. The maximum Gasteiger partial charge on any atom is 0.194 e. The number of imidazole rings is 1. The Labute approximate surface area is 146 Å². The summed E-state index contributed by atoms with van der Waals surface area (Å²) < 4.78 is 2.15. The summed E-state index contributed by atoms with van der Waals surface area (Å²) in [6.45, 7) is 4.30. The minimum absolute atomic E-state index is 0.967. The molecule has 4 rings (SSSR count). The van der Waals surface area contributed by atoms with E-state index >= 15 is 0 Å². The van der Waals surface area contributed by atoms with Crippen molar-refractivity contribution in [1.29, 1.82) is 0 Å². The Kier molecular flexibility index (Phi) is 3.95. The molecule has 4 aromatic rings. The van der Waals surface area contributed by atoms with Gasteiger partial charge >= 0.3 is 0 Å². The first-order valence-corrected chi connectivity index (χ1v) is 9.15. The molecule has 0 amide bonds. The molecule has 0 bridgehead atoms. The van der Waals surface area contributed by atoms with Crippen LogP contribution in [0.3, 0.4) is 0 Å². The average Bonchev–Trinajstić information content (AvgIpc) is 3.15. The molecule has 0 saturated carbocycles. The van der Waals surface area contributed by atoms with Gasteiger partial charge in [-0.25, -0.2) is 4.98 Å². The van der Waals surface area contributed by atoms with Crippen molar-refractivity contribution in [3.8, 4) is 11.3 Å². The number of thiazole rings is 1. The van der Waals surface area contributed by atoms with E-state index in [4.69, 9.17) is 4.98 Å². The van der Waals surface area contributed by atoms with Crippen LogP contribution in [0.2, 0.25) is 0 Å². The average molecular weight is 332 g/mol. The summed E-state index contributed by atoms with van der Waals surface area (Å²) in [6.07, 6.45) is 6.37. The van der Waals surface area contributed by atoms with Crippen molar-refractivity contribution in [2.24, 2.45) is 0 Å². The number of rotatable bonds is 4. The van der Waals surface area contributed by atoms with Crippen LogP contribution < -0.4 is 0 Å². The number of fused-ring (bicyclic) bond motifs is 1. The molecule has 2 aromatic heterocycles. The molecule has 0 saturated heterocycles. The van der Waals surface area contributed by atoms with Crippen molar-refractivity contribution in [1.82, 2.24) is 9.38 Å². The summed E-state index contributed by atoms with van der Waals surface area (Å²) in [5, 5.41) is 0. The van der Waals surface area contributed by atoms with Crippen molar-refractivity contribution in [2.45, 2.75) is 26.7 Å². The quantitative estimate of drug-likeness (QED) is 0.480. The van der Waals surface area contributed by atoms with E-state index in [1.807, 2.05) is 0 Å². The summed E-state index contributed by atoms with van der Waals surface area (Å²) in [5.41, 5.74) is 6.24. The first kappa shape index (κ1) is 15.2. The summed E-state index contributed by atoms with van der Waals surface area (Å²) in [7, 11) is 0. The standard InChI is InChI=1S/C21H20N2S/c1-3-16-8-10-18(11-9-16)20-14-23-13-19(24-21(23)22-20)12-17-6-4-15(2)5-7-17/h4-11,13-14H,3,12H2,1-2H3. The second-order valence-electron chi connectivity index (χ2n) is 6.23. The molecule has 2 nitrogen and oxygen atoms in total. The zero-order valence-corrected chi connectivity index (χ0v) is 14.8. The van der Waals surface area contributed by atoms with Crippen molar-refractivity contribution in [3.63, 3.8) is 0 Å². The maximum absolute atomic E-state index is 4.80. The first-order chi connectivity index (χ1) is 11.7. The van der Waals surface area contributed by atoms with Gasteiger partial charge in [-0.1, -0.05) is 61.0 Å². The van der Waals surface area contributed by atoms with Crippen LogP contribution in [0.1, 0.15) is 28.5 Å². The fourth-order valence-electron chi connectivity index (χ4n) is 2.88. The predicted molar refractivity (Wildman–Crippen MR) is 102 cm³/mol. The molecule has 0 fully saturated rings. The second-order valence-corrected chi connectivity index (χ2v) is 7.32. The Morgan fingerprint density at radius 1 is 0.917 bits per heavy atom. The molecule has 0 aliphatic heterocycles. The van der Waals surface area contributed by atoms with Crippen LogP contribution in [-0.4, -0.2) is 9.38 Å². The van der Waals surface area contributed by atoms with Crippen LogP contribution in [0, 0.1) is 6.92 Å². The third kappa shape index (κ3) is 3.00. The Hall–Kier alpha value is -2.39. The fourth-order valence-corrected chi connectivity index (χ4v) is 3.88. The van der Waals surface area contributed by atoms with Gasteiger partial charge in [0.25, 0.3) is 0 Å². The molecule has 24 heavy (non-hydrogen) atoms. The zero-order chi connectivity index (χ0) is 16.5. The molecule has 0 spiro atoms. The van der Waals surface area contributed by atoms with Crippen molar-refractivity contribution >= 4 is 16.3 Å². The Bertz CT molecular complexity index is 928. The lowest BCUT2D eigenvalue weighted by Crippen LogP contribution is -1.85. The van der Waals surface area contributed by atoms with E-state index in [1.165, 1.54) is 27.1 Å². The van der Waals surface area contributed by atoms with Gasteiger partial charge in [0.1, 0.15) is 0 Å². The topological polar surface area (TPSA) is 17.3 Å². The molecule has 3 heteroatoms. The smallest absolute Gasteiger partial charge is 0.194 e. The minimum atomic E-state index is 0.967. The van der Waals surface area contributed by atoms with E-state index in [-0.39, 0.29) is 0 Å². The number of aromatic nitrogens is 2.